The summed E-state index contributed by atoms with van der Waals surface area (Å²) in [6.45, 7) is 4.53. The predicted octanol–water partition coefficient (Wildman–Crippen LogP) is 4.03. The van der Waals surface area contributed by atoms with Crippen LogP contribution in [0.1, 0.15) is 19.4 Å². The minimum absolute atomic E-state index is 0.117. The molecule has 1 unspecified atom stereocenters. The molecular formula is C20H19ClN4O. The number of hydrogen-bond donors (Lipinski definition) is 1. The van der Waals surface area contributed by atoms with Gasteiger partial charge >= 0.3 is 0 Å². The number of aromatic nitrogens is 2. The Labute approximate surface area is 156 Å². The Morgan fingerprint density at radius 2 is 2.04 bits per heavy atom. The lowest BCUT2D eigenvalue weighted by atomic mass is 10.1. The molecule has 0 fully saturated rings. The molecule has 0 aliphatic carbocycles. The number of halogens is 1. The number of allylic oxidation sites excluding steroid dienone is 2. The molecule has 1 aromatic heterocycles. The summed E-state index contributed by atoms with van der Waals surface area (Å²) in [5.41, 5.74) is 4.24. The molecule has 2 aliphatic rings. The van der Waals surface area contributed by atoms with E-state index < -0.39 is 0 Å². The van der Waals surface area contributed by atoms with E-state index in [4.69, 9.17) is 16.6 Å². The van der Waals surface area contributed by atoms with E-state index in [2.05, 4.69) is 28.2 Å². The predicted molar refractivity (Wildman–Crippen MR) is 106 cm³/mol. The van der Waals surface area contributed by atoms with Gasteiger partial charge in [-0.05, 0) is 31.1 Å². The first-order valence-corrected chi connectivity index (χ1v) is 8.96. The minimum atomic E-state index is -0.118. The van der Waals surface area contributed by atoms with Crippen LogP contribution >= 0.6 is 11.6 Å². The van der Waals surface area contributed by atoms with Gasteiger partial charge in [-0.25, -0.2) is 4.99 Å². The van der Waals surface area contributed by atoms with Crippen molar-refractivity contribution >= 4 is 28.7 Å². The summed E-state index contributed by atoms with van der Waals surface area (Å²) in [5, 5.41) is 3.59. The van der Waals surface area contributed by atoms with Crippen molar-refractivity contribution in [1.82, 2.24) is 14.7 Å². The first-order chi connectivity index (χ1) is 12.6. The molecule has 4 rings (SSSR count). The number of benzene rings is 1. The SMILES string of the molecule is CCn1[nH]cc(N=C2C(C)=C(c3ccccc3)N3C(Cl)=CC=CC23)c1=O. The van der Waals surface area contributed by atoms with Crippen molar-refractivity contribution in [2.75, 3.05) is 0 Å². The van der Waals surface area contributed by atoms with Crippen LogP contribution in [0.25, 0.3) is 5.70 Å². The van der Waals surface area contributed by atoms with Crippen LogP contribution < -0.4 is 5.56 Å². The highest BCUT2D eigenvalue weighted by Gasteiger charge is 2.37. The van der Waals surface area contributed by atoms with Crippen molar-refractivity contribution in [3.8, 4) is 0 Å². The van der Waals surface area contributed by atoms with Crippen molar-refractivity contribution in [1.29, 1.82) is 0 Å². The molecule has 1 N–H and O–H groups in total. The molecular weight excluding hydrogens is 348 g/mol. The number of fused-ring (bicyclic) bond motifs is 1. The average Bonchev–Trinajstić information content (AvgIpc) is 3.15. The smallest absolute Gasteiger partial charge is 0.292 e. The van der Waals surface area contributed by atoms with Gasteiger partial charge in [-0.3, -0.25) is 9.48 Å². The maximum atomic E-state index is 12.4. The van der Waals surface area contributed by atoms with E-state index in [1.165, 1.54) is 4.68 Å². The summed E-state index contributed by atoms with van der Waals surface area (Å²) in [4.78, 5) is 19.2. The maximum Gasteiger partial charge on any atom is 0.292 e. The van der Waals surface area contributed by atoms with Crippen molar-refractivity contribution in [2.45, 2.75) is 26.4 Å². The monoisotopic (exact) mass is 366 g/mol. The molecule has 0 spiro atoms. The van der Waals surface area contributed by atoms with Crippen LogP contribution in [-0.4, -0.2) is 26.4 Å². The van der Waals surface area contributed by atoms with Gasteiger partial charge in [0.1, 0.15) is 10.8 Å². The Balaban J connectivity index is 1.89. The quantitative estimate of drug-likeness (QED) is 0.833. The van der Waals surface area contributed by atoms with Crippen LogP contribution in [0, 0.1) is 0 Å². The van der Waals surface area contributed by atoms with Crippen LogP contribution in [-0.2, 0) is 6.54 Å². The van der Waals surface area contributed by atoms with Gasteiger partial charge in [0, 0.05) is 12.7 Å². The minimum Gasteiger partial charge on any atom is -0.319 e. The molecule has 6 heteroatoms. The molecule has 1 atom stereocenters. The van der Waals surface area contributed by atoms with Gasteiger partial charge in [0.05, 0.1) is 17.5 Å². The van der Waals surface area contributed by atoms with E-state index in [0.29, 0.717) is 17.4 Å². The molecule has 26 heavy (non-hydrogen) atoms. The molecule has 0 saturated carbocycles. The van der Waals surface area contributed by atoms with Gasteiger partial charge in [-0.2, -0.15) is 0 Å². The zero-order valence-electron chi connectivity index (χ0n) is 14.6. The van der Waals surface area contributed by atoms with E-state index in [9.17, 15) is 4.79 Å². The third-order valence-electron chi connectivity index (χ3n) is 4.72. The maximum absolute atomic E-state index is 12.4. The van der Waals surface area contributed by atoms with Crippen molar-refractivity contribution in [3.05, 3.63) is 81.4 Å². The summed E-state index contributed by atoms with van der Waals surface area (Å²) in [6, 6.07) is 9.99. The van der Waals surface area contributed by atoms with Gasteiger partial charge in [-0.1, -0.05) is 54.1 Å². The first-order valence-electron chi connectivity index (χ1n) is 8.58. The summed E-state index contributed by atoms with van der Waals surface area (Å²) >= 11 is 6.53. The second kappa shape index (κ2) is 6.50. The average molecular weight is 367 g/mol. The number of rotatable bonds is 3. The number of nitrogens with one attached hydrogen (secondary N) is 1. The highest BCUT2D eigenvalue weighted by Crippen LogP contribution is 2.40. The molecule has 0 amide bonds. The van der Waals surface area contributed by atoms with E-state index in [1.54, 1.807) is 6.20 Å². The molecule has 0 radical (unpaired) electrons. The van der Waals surface area contributed by atoms with E-state index in [-0.39, 0.29) is 11.6 Å². The fraction of sp³-hybridized carbons (Fsp3) is 0.200. The van der Waals surface area contributed by atoms with Crippen LogP contribution in [0.5, 0.6) is 0 Å². The second-order valence-corrected chi connectivity index (χ2v) is 6.62. The molecule has 2 aliphatic heterocycles. The second-order valence-electron chi connectivity index (χ2n) is 6.23. The largest absolute Gasteiger partial charge is 0.319 e. The molecule has 1 aromatic carbocycles. The lowest BCUT2D eigenvalue weighted by Gasteiger charge is -2.29. The molecule has 2 aromatic rings. The van der Waals surface area contributed by atoms with Crippen molar-refractivity contribution < 1.29 is 0 Å². The normalized spacial score (nSPS) is 20.7. The Morgan fingerprint density at radius 3 is 2.73 bits per heavy atom. The van der Waals surface area contributed by atoms with Gasteiger partial charge < -0.3 is 10.00 Å². The molecule has 0 saturated heterocycles. The summed E-state index contributed by atoms with van der Waals surface area (Å²) in [5.74, 6) is 0. The molecule has 5 nitrogen and oxygen atoms in total. The molecule has 3 heterocycles. The highest BCUT2D eigenvalue weighted by molar-refractivity contribution is 6.31. The number of nitrogens with zero attached hydrogens (tertiary/aromatic N) is 3. The highest BCUT2D eigenvalue weighted by atomic mass is 35.5. The lowest BCUT2D eigenvalue weighted by molar-refractivity contribution is 0.526. The van der Waals surface area contributed by atoms with Crippen LogP contribution in [0.4, 0.5) is 5.69 Å². The van der Waals surface area contributed by atoms with Gasteiger partial charge in [0.2, 0.25) is 0 Å². The zero-order chi connectivity index (χ0) is 18.3. The third kappa shape index (κ3) is 2.56. The van der Waals surface area contributed by atoms with Gasteiger partial charge in [0.25, 0.3) is 5.56 Å². The number of aryl methyl sites for hydroxylation is 1. The number of aromatic amines is 1. The summed E-state index contributed by atoms with van der Waals surface area (Å²) in [6.07, 6.45) is 7.51. The Hall–Kier alpha value is -2.79. The standard InChI is InChI=1S/C20H19ClN4O/c1-3-24-20(26)15(12-22-24)23-18-13(2)19(14-8-5-4-6-9-14)25-16(18)10-7-11-17(25)21/h4-12,16,22H,3H2,1-2H3. The Kier molecular flexibility index (Phi) is 4.17. The zero-order valence-corrected chi connectivity index (χ0v) is 15.4. The number of H-pyrrole nitrogens is 1. The summed E-state index contributed by atoms with van der Waals surface area (Å²) < 4.78 is 1.53. The van der Waals surface area contributed by atoms with E-state index in [1.807, 2.05) is 44.2 Å². The van der Waals surface area contributed by atoms with Gasteiger partial charge in [-0.15, -0.1) is 0 Å². The van der Waals surface area contributed by atoms with E-state index in [0.717, 1.165) is 22.5 Å². The van der Waals surface area contributed by atoms with Gasteiger partial charge in [0.15, 0.2) is 0 Å². The van der Waals surface area contributed by atoms with Crippen molar-refractivity contribution in [3.63, 3.8) is 0 Å². The number of aliphatic imine (C=N–C) groups is 1. The fourth-order valence-corrected chi connectivity index (χ4v) is 3.73. The van der Waals surface area contributed by atoms with Crippen LogP contribution in [0.2, 0.25) is 0 Å². The van der Waals surface area contributed by atoms with Crippen LogP contribution in [0.3, 0.4) is 0 Å². The van der Waals surface area contributed by atoms with Crippen LogP contribution in [0.15, 0.2) is 75.3 Å². The fourth-order valence-electron chi connectivity index (χ4n) is 3.47. The Morgan fingerprint density at radius 1 is 1.27 bits per heavy atom. The lowest BCUT2D eigenvalue weighted by Crippen LogP contribution is -2.32. The number of hydrogen-bond acceptors (Lipinski definition) is 3. The molecule has 0 bridgehead atoms. The Bertz CT molecular complexity index is 1020. The topological polar surface area (TPSA) is 53.4 Å². The first kappa shape index (κ1) is 16.7. The van der Waals surface area contributed by atoms with E-state index >= 15 is 0 Å². The summed E-state index contributed by atoms with van der Waals surface area (Å²) in [7, 11) is 0. The van der Waals surface area contributed by atoms with Crippen molar-refractivity contribution in [2.24, 2.45) is 4.99 Å². The third-order valence-corrected chi connectivity index (χ3v) is 5.03. The molecule has 132 valence electrons.